The van der Waals surface area contributed by atoms with Crippen molar-refractivity contribution in [1.29, 1.82) is 0 Å². The Morgan fingerprint density at radius 3 is 2.54 bits per heavy atom. The van der Waals surface area contributed by atoms with Crippen LogP contribution in [0, 0.1) is 6.92 Å². The summed E-state index contributed by atoms with van der Waals surface area (Å²) in [5.74, 6) is 0.394. The largest absolute Gasteiger partial charge is 0.475 e. The Labute approximate surface area is 157 Å². The summed E-state index contributed by atoms with van der Waals surface area (Å²) in [7, 11) is 1.62. The summed E-state index contributed by atoms with van der Waals surface area (Å²) in [6, 6.07) is 3.56. The number of methoxy groups -OCH3 is 1. The molecule has 26 heavy (non-hydrogen) atoms. The summed E-state index contributed by atoms with van der Waals surface area (Å²) < 4.78 is 16.4. The van der Waals surface area contributed by atoms with Gasteiger partial charge in [-0.15, -0.1) is 0 Å². The van der Waals surface area contributed by atoms with Crippen molar-refractivity contribution in [2.45, 2.75) is 65.4 Å². The number of hydrogen-bond donors (Lipinski definition) is 1. The van der Waals surface area contributed by atoms with Crippen LogP contribution in [0.15, 0.2) is 12.1 Å². The molecule has 148 valence electrons. The average Bonchev–Trinajstić information content (AvgIpc) is 2.62. The number of unbranched alkanes of at least 4 members (excludes halogenated alkanes) is 2. The van der Waals surface area contributed by atoms with Gasteiger partial charge in [-0.25, -0.2) is 4.98 Å². The summed E-state index contributed by atoms with van der Waals surface area (Å²) in [6.45, 7) is 9.42. The first kappa shape index (κ1) is 22.4. The maximum Gasteiger partial charge on any atom is 0.256 e. The molecule has 0 saturated carbocycles. The SMILES string of the molecule is CCCCC[C@](C)(OCCC)C(=O)Nc1ccc(OCCOC)nc1C. The Bertz CT molecular complexity index is 551. The van der Waals surface area contributed by atoms with E-state index in [9.17, 15) is 4.79 Å². The Hall–Kier alpha value is -1.66. The van der Waals surface area contributed by atoms with Crippen molar-refractivity contribution >= 4 is 11.6 Å². The lowest BCUT2D eigenvalue weighted by atomic mass is 9.96. The van der Waals surface area contributed by atoms with Gasteiger partial charge in [0, 0.05) is 19.8 Å². The Balaban J connectivity index is 2.77. The number of aryl methyl sites for hydroxylation is 1. The number of rotatable bonds is 13. The van der Waals surface area contributed by atoms with E-state index in [0.717, 1.165) is 25.7 Å². The highest BCUT2D eigenvalue weighted by Gasteiger charge is 2.33. The second-order valence-electron chi connectivity index (χ2n) is 6.61. The fourth-order valence-corrected chi connectivity index (χ4v) is 2.53. The van der Waals surface area contributed by atoms with Crippen LogP contribution in [0.25, 0.3) is 0 Å². The maximum atomic E-state index is 12.9. The predicted molar refractivity (Wildman–Crippen MR) is 104 cm³/mol. The first-order valence-corrected chi connectivity index (χ1v) is 9.51. The molecule has 0 saturated heterocycles. The van der Waals surface area contributed by atoms with Crippen molar-refractivity contribution < 1.29 is 19.0 Å². The van der Waals surface area contributed by atoms with Crippen molar-refractivity contribution in [3.63, 3.8) is 0 Å². The zero-order valence-electron chi connectivity index (χ0n) is 16.9. The van der Waals surface area contributed by atoms with Crippen molar-refractivity contribution in [2.24, 2.45) is 0 Å². The van der Waals surface area contributed by atoms with E-state index in [4.69, 9.17) is 14.2 Å². The molecule has 0 aliphatic rings. The second kappa shape index (κ2) is 11.9. The third-order valence-electron chi connectivity index (χ3n) is 4.21. The number of nitrogens with zero attached hydrogens (tertiary/aromatic N) is 1. The molecule has 0 aliphatic heterocycles. The highest BCUT2D eigenvalue weighted by Crippen LogP contribution is 2.24. The highest BCUT2D eigenvalue weighted by atomic mass is 16.5. The van der Waals surface area contributed by atoms with Crippen LogP contribution in [0.2, 0.25) is 0 Å². The molecule has 0 bridgehead atoms. The molecule has 0 spiro atoms. The minimum absolute atomic E-state index is 0.125. The van der Waals surface area contributed by atoms with E-state index in [2.05, 4.69) is 17.2 Å². The minimum atomic E-state index is -0.828. The van der Waals surface area contributed by atoms with Gasteiger partial charge in [-0.2, -0.15) is 0 Å². The van der Waals surface area contributed by atoms with Gasteiger partial charge in [-0.3, -0.25) is 4.79 Å². The van der Waals surface area contributed by atoms with E-state index < -0.39 is 5.60 Å². The lowest BCUT2D eigenvalue weighted by Gasteiger charge is -2.29. The van der Waals surface area contributed by atoms with Crippen molar-refractivity contribution in [2.75, 3.05) is 32.2 Å². The van der Waals surface area contributed by atoms with Gasteiger partial charge < -0.3 is 19.5 Å². The fraction of sp³-hybridized carbons (Fsp3) is 0.700. The maximum absolute atomic E-state index is 12.9. The fourth-order valence-electron chi connectivity index (χ4n) is 2.53. The van der Waals surface area contributed by atoms with Crippen molar-refractivity contribution in [3.8, 4) is 5.88 Å². The summed E-state index contributed by atoms with van der Waals surface area (Å²) in [5, 5.41) is 2.97. The van der Waals surface area contributed by atoms with Crippen LogP contribution in [0.3, 0.4) is 0 Å². The van der Waals surface area contributed by atoms with Crippen LogP contribution in [0.1, 0.15) is 58.6 Å². The summed E-state index contributed by atoms with van der Waals surface area (Å²) in [4.78, 5) is 17.3. The second-order valence-corrected chi connectivity index (χ2v) is 6.61. The van der Waals surface area contributed by atoms with E-state index in [-0.39, 0.29) is 5.91 Å². The third kappa shape index (κ3) is 7.30. The number of aromatic nitrogens is 1. The van der Waals surface area contributed by atoms with Crippen LogP contribution < -0.4 is 10.1 Å². The Morgan fingerprint density at radius 1 is 1.15 bits per heavy atom. The molecule has 1 rings (SSSR count). The Kier molecular flexibility index (Phi) is 10.2. The van der Waals surface area contributed by atoms with Crippen molar-refractivity contribution in [1.82, 2.24) is 4.98 Å². The summed E-state index contributed by atoms with van der Waals surface area (Å²) >= 11 is 0. The van der Waals surface area contributed by atoms with E-state index in [1.54, 1.807) is 13.2 Å². The first-order chi connectivity index (χ1) is 12.5. The molecule has 1 atom stereocenters. The average molecular weight is 367 g/mol. The first-order valence-electron chi connectivity index (χ1n) is 9.51. The van der Waals surface area contributed by atoms with Gasteiger partial charge in [0.05, 0.1) is 18.0 Å². The zero-order valence-corrected chi connectivity index (χ0v) is 16.9. The van der Waals surface area contributed by atoms with Gasteiger partial charge in [-0.1, -0.05) is 33.1 Å². The Morgan fingerprint density at radius 2 is 1.92 bits per heavy atom. The number of pyridine rings is 1. The molecule has 0 aliphatic carbocycles. The third-order valence-corrected chi connectivity index (χ3v) is 4.21. The smallest absolute Gasteiger partial charge is 0.256 e. The molecule has 0 aromatic carbocycles. The number of hydrogen-bond acceptors (Lipinski definition) is 5. The molecular formula is C20H34N2O4. The van der Waals surface area contributed by atoms with Gasteiger partial charge in [0.25, 0.3) is 5.91 Å². The summed E-state index contributed by atoms with van der Waals surface area (Å²) in [6.07, 6.45) is 4.75. The molecule has 6 nitrogen and oxygen atoms in total. The minimum Gasteiger partial charge on any atom is -0.475 e. The zero-order chi connectivity index (χ0) is 19.4. The lowest BCUT2D eigenvalue weighted by Crippen LogP contribution is -2.43. The van der Waals surface area contributed by atoms with Crippen LogP contribution >= 0.6 is 0 Å². The number of carbonyl (C=O) groups excluding carboxylic acids is 1. The highest BCUT2D eigenvalue weighted by molar-refractivity contribution is 5.97. The van der Waals surface area contributed by atoms with Gasteiger partial charge in [0.2, 0.25) is 5.88 Å². The molecule has 1 aromatic rings. The number of anilines is 1. The number of carbonyl (C=O) groups is 1. The van der Waals surface area contributed by atoms with Crippen LogP contribution in [-0.2, 0) is 14.3 Å². The molecule has 0 radical (unpaired) electrons. The molecule has 1 N–H and O–H groups in total. The quantitative estimate of drug-likeness (QED) is 0.532. The van der Waals surface area contributed by atoms with Crippen LogP contribution in [-0.4, -0.2) is 43.4 Å². The van der Waals surface area contributed by atoms with E-state index in [1.807, 2.05) is 26.8 Å². The van der Waals surface area contributed by atoms with Gasteiger partial charge in [-0.05, 0) is 32.8 Å². The molecule has 1 heterocycles. The lowest BCUT2D eigenvalue weighted by molar-refractivity contribution is -0.140. The predicted octanol–water partition coefficient (Wildman–Crippen LogP) is 4.12. The van der Waals surface area contributed by atoms with Crippen LogP contribution in [0.5, 0.6) is 5.88 Å². The van der Waals surface area contributed by atoms with Gasteiger partial charge >= 0.3 is 0 Å². The van der Waals surface area contributed by atoms with E-state index >= 15 is 0 Å². The molecule has 6 heteroatoms. The number of nitrogens with one attached hydrogen (secondary N) is 1. The normalized spacial score (nSPS) is 13.3. The van der Waals surface area contributed by atoms with E-state index in [0.29, 0.717) is 43.5 Å². The molecule has 0 fully saturated rings. The summed E-state index contributed by atoms with van der Waals surface area (Å²) in [5.41, 5.74) is 0.557. The number of ether oxygens (including phenoxy) is 3. The van der Waals surface area contributed by atoms with Crippen molar-refractivity contribution in [3.05, 3.63) is 17.8 Å². The molecular weight excluding hydrogens is 332 g/mol. The standard InChI is InChI=1S/C20H34N2O4/c1-6-8-9-12-20(4,26-13-7-2)19(23)22-17-10-11-18(21-16(17)3)25-15-14-24-5/h10-11H,6-9,12-15H2,1-5H3,(H,22,23)/t20-/m0/s1. The van der Waals surface area contributed by atoms with Gasteiger partial charge in [0.15, 0.2) is 0 Å². The van der Waals surface area contributed by atoms with Gasteiger partial charge in [0.1, 0.15) is 12.2 Å². The molecule has 1 aromatic heterocycles. The molecule has 1 amide bonds. The van der Waals surface area contributed by atoms with Crippen LogP contribution in [0.4, 0.5) is 5.69 Å². The molecule has 0 unspecified atom stereocenters. The monoisotopic (exact) mass is 366 g/mol. The van der Waals surface area contributed by atoms with E-state index in [1.165, 1.54) is 0 Å². The topological polar surface area (TPSA) is 69.7 Å². The number of amides is 1.